The van der Waals surface area contributed by atoms with E-state index in [0.29, 0.717) is 22.8 Å². The second-order valence-corrected chi connectivity index (χ2v) is 12.2. The zero-order valence-electron chi connectivity index (χ0n) is 20.9. The van der Waals surface area contributed by atoms with Gasteiger partial charge in [0.15, 0.2) is 0 Å². The zero-order valence-corrected chi connectivity index (χ0v) is 22.5. The van der Waals surface area contributed by atoms with E-state index in [1.807, 2.05) is 19.9 Å². The normalized spacial score (nSPS) is 12.6. The molecule has 10 nitrogen and oxygen atoms in total. The summed E-state index contributed by atoms with van der Waals surface area (Å²) in [6.45, 7) is 8.64. The van der Waals surface area contributed by atoms with E-state index in [9.17, 15) is 21.6 Å². The minimum atomic E-state index is -3.96. The fourth-order valence-electron chi connectivity index (χ4n) is 3.80. The molecule has 0 bridgehead atoms. The smallest absolute Gasteiger partial charge is 0.264 e. The summed E-state index contributed by atoms with van der Waals surface area (Å²) in [6.07, 6.45) is 1.04. The summed E-state index contributed by atoms with van der Waals surface area (Å²) >= 11 is 0. The monoisotopic (exact) mass is 531 g/mol. The van der Waals surface area contributed by atoms with Crippen LogP contribution in [0.2, 0.25) is 0 Å². The van der Waals surface area contributed by atoms with Crippen molar-refractivity contribution in [1.82, 2.24) is 9.97 Å². The molecule has 0 aliphatic carbocycles. The first kappa shape index (κ1) is 27.1. The van der Waals surface area contributed by atoms with Crippen molar-refractivity contribution in [2.75, 3.05) is 20.6 Å². The van der Waals surface area contributed by atoms with E-state index in [4.69, 9.17) is 0 Å². The molecule has 0 spiro atoms. The van der Waals surface area contributed by atoms with Crippen molar-refractivity contribution in [2.45, 2.75) is 45.6 Å². The van der Waals surface area contributed by atoms with Crippen molar-refractivity contribution in [3.8, 4) is 0 Å². The molecule has 3 aromatic rings. The minimum Gasteiger partial charge on any atom is -0.324 e. The van der Waals surface area contributed by atoms with Crippen LogP contribution < -0.4 is 14.3 Å². The molecule has 0 radical (unpaired) electrons. The largest absolute Gasteiger partial charge is 0.324 e. The number of hydrogen-bond acceptors (Lipinski definition) is 7. The Morgan fingerprint density at radius 1 is 0.861 bits per heavy atom. The summed E-state index contributed by atoms with van der Waals surface area (Å²) in [6, 6.07) is 11.5. The number of anilines is 3. The molecule has 2 aromatic carbocycles. The molecule has 1 aromatic heterocycles. The summed E-state index contributed by atoms with van der Waals surface area (Å²) in [7, 11) is -7.74. The van der Waals surface area contributed by atoms with E-state index in [0.717, 1.165) is 21.7 Å². The van der Waals surface area contributed by atoms with Gasteiger partial charge in [-0.1, -0.05) is 6.07 Å². The van der Waals surface area contributed by atoms with Gasteiger partial charge in [0.05, 0.1) is 16.8 Å². The molecule has 0 aliphatic rings. The lowest BCUT2D eigenvalue weighted by Crippen LogP contribution is -2.45. The van der Waals surface area contributed by atoms with Gasteiger partial charge in [-0.05, 0) is 88.2 Å². The Labute approximate surface area is 211 Å². The molecule has 1 unspecified atom stereocenters. The average molecular weight is 532 g/mol. The minimum absolute atomic E-state index is 0.0362. The first-order valence-corrected chi connectivity index (χ1v) is 14.3. The molecule has 12 heteroatoms. The van der Waals surface area contributed by atoms with E-state index in [1.54, 1.807) is 32.0 Å². The standard InChI is InChI=1S/C24H29N5O5S2/c1-15-11-16(2)13-21(12-15)29(35(6,31)32)19(5)23(30)27-20-7-9-22(10-8-20)36(33,34)28-24-25-17(3)14-18(4)26-24/h7-14,19H,1-6H3,(H,27,30)(H,25,26,28). The molecule has 192 valence electrons. The number of nitrogens with one attached hydrogen (secondary N) is 2. The number of hydrogen-bond donors (Lipinski definition) is 2. The van der Waals surface area contributed by atoms with Gasteiger partial charge in [-0.15, -0.1) is 0 Å². The van der Waals surface area contributed by atoms with E-state index in [-0.39, 0.29) is 10.8 Å². The quantitative estimate of drug-likeness (QED) is 0.455. The first-order chi connectivity index (χ1) is 16.7. The van der Waals surface area contributed by atoms with Crippen LogP contribution in [0, 0.1) is 27.7 Å². The fourth-order valence-corrected chi connectivity index (χ4v) is 5.90. The molecule has 0 fully saturated rings. The third-order valence-electron chi connectivity index (χ3n) is 5.19. The molecule has 0 aliphatic heterocycles. The molecule has 0 saturated heterocycles. The number of sulfonamides is 2. The second kappa shape index (κ2) is 10.2. The predicted molar refractivity (Wildman–Crippen MR) is 140 cm³/mol. The van der Waals surface area contributed by atoms with Crippen LogP contribution in [0.4, 0.5) is 17.3 Å². The van der Waals surface area contributed by atoms with Gasteiger partial charge >= 0.3 is 0 Å². The van der Waals surface area contributed by atoms with Crippen LogP contribution >= 0.6 is 0 Å². The van der Waals surface area contributed by atoms with Gasteiger partial charge in [0.25, 0.3) is 10.0 Å². The molecule has 1 amide bonds. The summed E-state index contributed by atoms with van der Waals surface area (Å²) < 4.78 is 54.0. The Morgan fingerprint density at radius 2 is 1.39 bits per heavy atom. The lowest BCUT2D eigenvalue weighted by Gasteiger charge is -2.28. The van der Waals surface area contributed by atoms with Gasteiger partial charge in [-0.25, -0.2) is 31.5 Å². The van der Waals surface area contributed by atoms with Crippen LogP contribution in [0.1, 0.15) is 29.4 Å². The van der Waals surface area contributed by atoms with E-state index >= 15 is 0 Å². The number of carbonyl (C=O) groups excluding carboxylic acids is 1. The van der Waals surface area contributed by atoms with Crippen molar-refractivity contribution in [3.05, 3.63) is 71.0 Å². The van der Waals surface area contributed by atoms with Gasteiger partial charge in [-0.3, -0.25) is 9.10 Å². The lowest BCUT2D eigenvalue weighted by atomic mass is 10.1. The van der Waals surface area contributed by atoms with Crippen molar-refractivity contribution >= 4 is 43.3 Å². The Bertz CT molecular complexity index is 1460. The van der Waals surface area contributed by atoms with Crippen molar-refractivity contribution in [1.29, 1.82) is 0 Å². The van der Waals surface area contributed by atoms with Crippen LogP contribution in [0.15, 0.2) is 53.4 Å². The highest BCUT2D eigenvalue weighted by atomic mass is 32.2. The topological polar surface area (TPSA) is 138 Å². The van der Waals surface area contributed by atoms with Crippen LogP contribution in [-0.2, 0) is 24.8 Å². The SMILES string of the molecule is Cc1cc(C)cc(N(C(C)C(=O)Nc2ccc(S(=O)(=O)Nc3nc(C)cc(C)n3)cc2)S(C)(=O)=O)c1. The molecule has 3 rings (SSSR count). The van der Waals surface area contributed by atoms with E-state index in [2.05, 4.69) is 20.0 Å². The van der Waals surface area contributed by atoms with Gasteiger partial charge in [0, 0.05) is 17.1 Å². The Hall–Kier alpha value is -3.51. The molecule has 2 N–H and O–H groups in total. The van der Waals surface area contributed by atoms with Crippen LogP contribution in [0.3, 0.4) is 0 Å². The summed E-state index contributed by atoms with van der Waals surface area (Å²) in [4.78, 5) is 21.1. The highest BCUT2D eigenvalue weighted by molar-refractivity contribution is 7.92. The van der Waals surface area contributed by atoms with Crippen LogP contribution in [0.25, 0.3) is 0 Å². The zero-order chi connectivity index (χ0) is 26.8. The molecule has 1 heterocycles. The highest BCUT2D eigenvalue weighted by Gasteiger charge is 2.29. The number of aryl methyl sites for hydroxylation is 4. The molecule has 0 saturated carbocycles. The third kappa shape index (κ3) is 6.58. The number of rotatable bonds is 8. The van der Waals surface area contributed by atoms with Gasteiger partial charge in [0.2, 0.25) is 21.9 Å². The highest BCUT2D eigenvalue weighted by Crippen LogP contribution is 2.25. The van der Waals surface area contributed by atoms with Crippen molar-refractivity contribution < 1.29 is 21.6 Å². The molecule has 36 heavy (non-hydrogen) atoms. The predicted octanol–water partition coefficient (Wildman–Crippen LogP) is 3.30. The van der Waals surface area contributed by atoms with Crippen molar-refractivity contribution in [2.24, 2.45) is 0 Å². The first-order valence-electron chi connectivity index (χ1n) is 11.0. The summed E-state index contributed by atoms with van der Waals surface area (Å²) in [5.74, 6) is -0.608. The Balaban J connectivity index is 1.79. The van der Waals surface area contributed by atoms with Gasteiger partial charge in [-0.2, -0.15) is 0 Å². The van der Waals surface area contributed by atoms with Crippen molar-refractivity contribution in [3.63, 3.8) is 0 Å². The van der Waals surface area contributed by atoms with Gasteiger partial charge in [0.1, 0.15) is 6.04 Å². The molecule has 1 atom stereocenters. The van der Waals surface area contributed by atoms with Crippen LogP contribution in [-0.4, -0.2) is 45.0 Å². The maximum atomic E-state index is 13.0. The lowest BCUT2D eigenvalue weighted by molar-refractivity contribution is -0.116. The Morgan fingerprint density at radius 3 is 1.89 bits per heavy atom. The summed E-state index contributed by atoms with van der Waals surface area (Å²) in [5, 5.41) is 2.65. The second-order valence-electron chi connectivity index (χ2n) is 8.67. The number of aromatic nitrogens is 2. The fraction of sp³-hybridized carbons (Fsp3) is 0.292. The van der Waals surface area contributed by atoms with E-state index < -0.39 is 32.0 Å². The number of benzene rings is 2. The number of carbonyl (C=O) groups is 1. The third-order valence-corrected chi connectivity index (χ3v) is 7.78. The number of nitrogens with zero attached hydrogens (tertiary/aromatic N) is 3. The number of amides is 1. The summed E-state index contributed by atoms with van der Waals surface area (Å²) in [5.41, 5.74) is 3.67. The van der Waals surface area contributed by atoms with Crippen LogP contribution in [0.5, 0.6) is 0 Å². The molecular formula is C24H29N5O5S2. The molecular weight excluding hydrogens is 502 g/mol. The maximum absolute atomic E-state index is 13.0. The van der Waals surface area contributed by atoms with E-state index in [1.165, 1.54) is 31.2 Å². The average Bonchev–Trinajstić information content (AvgIpc) is 2.71. The maximum Gasteiger partial charge on any atom is 0.264 e. The Kier molecular flexibility index (Phi) is 7.70. The van der Waals surface area contributed by atoms with Gasteiger partial charge < -0.3 is 5.32 Å².